The average molecular weight is 367 g/mol. The summed E-state index contributed by atoms with van der Waals surface area (Å²) in [6.45, 7) is 1.80. The fourth-order valence-electron chi connectivity index (χ4n) is 2.42. The van der Waals surface area contributed by atoms with Gasteiger partial charge < -0.3 is 19.2 Å². The molecule has 0 aromatic carbocycles. The van der Waals surface area contributed by atoms with Crippen LogP contribution in [0, 0.1) is 0 Å². The third-order valence-corrected chi connectivity index (χ3v) is 4.03. The smallest absolute Gasteiger partial charge is 0.326 e. The third kappa shape index (κ3) is 8.69. The molecule has 0 bridgehead atoms. The molecule has 7 nitrogen and oxygen atoms in total. The van der Waals surface area contributed by atoms with Crippen molar-refractivity contribution in [2.75, 3.05) is 13.6 Å². The summed E-state index contributed by atoms with van der Waals surface area (Å²) in [7, 11) is 1.56. The molecule has 1 rings (SSSR count). The van der Waals surface area contributed by atoms with Crippen molar-refractivity contribution >= 4 is 11.9 Å². The Kier molecular flexibility index (Phi) is 10.1. The van der Waals surface area contributed by atoms with Crippen LogP contribution in [-0.4, -0.2) is 35.5 Å². The second kappa shape index (κ2) is 12.1. The molecule has 0 saturated heterocycles. The van der Waals surface area contributed by atoms with E-state index in [1.807, 2.05) is 0 Å². The van der Waals surface area contributed by atoms with Crippen molar-refractivity contribution in [1.82, 2.24) is 4.90 Å². The number of hydrogen-bond donors (Lipinski definition) is 1. The lowest BCUT2D eigenvalue weighted by molar-refractivity contribution is -0.150. The summed E-state index contributed by atoms with van der Waals surface area (Å²) >= 11 is 0. The number of amides is 1. The topological polar surface area (TPSA) is 97.0 Å². The lowest BCUT2D eigenvalue weighted by Crippen LogP contribution is -2.32. The van der Waals surface area contributed by atoms with Gasteiger partial charge in [-0.05, 0) is 6.42 Å². The largest absolute Gasteiger partial charge is 0.502 e. The minimum absolute atomic E-state index is 0.0910. The molecule has 1 heterocycles. The van der Waals surface area contributed by atoms with Crippen LogP contribution in [0.15, 0.2) is 21.5 Å². The van der Waals surface area contributed by atoms with E-state index in [0.717, 1.165) is 31.6 Å². The molecule has 1 aromatic heterocycles. The molecule has 0 saturated carbocycles. The van der Waals surface area contributed by atoms with Gasteiger partial charge in [-0.15, -0.1) is 0 Å². The van der Waals surface area contributed by atoms with E-state index in [1.165, 1.54) is 30.6 Å². The SMILES string of the molecule is CCCCCCCCCC(=O)N(C)CC(=O)OCc1cc(=O)c(O)co1. The van der Waals surface area contributed by atoms with Crippen LogP contribution in [0.2, 0.25) is 0 Å². The van der Waals surface area contributed by atoms with Crippen LogP contribution < -0.4 is 5.43 Å². The summed E-state index contributed by atoms with van der Waals surface area (Å²) in [5, 5.41) is 9.09. The summed E-state index contributed by atoms with van der Waals surface area (Å²) in [6, 6.07) is 1.05. The van der Waals surface area contributed by atoms with Crippen molar-refractivity contribution < 1.29 is 23.8 Å². The van der Waals surface area contributed by atoms with Gasteiger partial charge in [0.2, 0.25) is 11.3 Å². The lowest BCUT2D eigenvalue weighted by Gasteiger charge is -2.16. The minimum atomic E-state index is -0.607. The first-order valence-corrected chi connectivity index (χ1v) is 9.14. The van der Waals surface area contributed by atoms with Crippen molar-refractivity contribution in [3.8, 4) is 5.75 Å². The standard InChI is InChI=1S/C19H29NO6/c1-3-4-5-6-7-8-9-10-18(23)20(2)12-19(24)26-13-15-11-16(21)17(22)14-25-15/h11,14,22H,3-10,12-13H2,1-2H3. The van der Waals surface area contributed by atoms with Crippen LogP contribution in [0.4, 0.5) is 0 Å². The molecule has 26 heavy (non-hydrogen) atoms. The van der Waals surface area contributed by atoms with Crippen molar-refractivity contribution in [3.05, 3.63) is 28.3 Å². The van der Waals surface area contributed by atoms with Crippen LogP contribution >= 0.6 is 0 Å². The summed E-state index contributed by atoms with van der Waals surface area (Å²) < 4.78 is 9.91. The Hall–Kier alpha value is -2.31. The number of carbonyl (C=O) groups is 2. The van der Waals surface area contributed by atoms with Crippen molar-refractivity contribution in [2.24, 2.45) is 0 Å². The third-order valence-electron chi connectivity index (χ3n) is 4.03. The van der Waals surface area contributed by atoms with Crippen LogP contribution in [-0.2, 0) is 20.9 Å². The van der Waals surface area contributed by atoms with E-state index in [9.17, 15) is 14.4 Å². The number of unbranched alkanes of at least 4 members (excludes halogenated alkanes) is 6. The van der Waals surface area contributed by atoms with Gasteiger partial charge in [-0.3, -0.25) is 14.4 Å². The van der Waals surface area contributed by atoms with Gasteiger partial charge in [0.1, 0.15) is 25.2 Å². The molecule has 0 fully saturated rings. The number of likely N-dealkylation sites (N-methyl/N-ethyl adjacent to an activating group) is 1. The summed E-state index contributed by atoms with van der Waals surface area (Å²) in [5.41, 5.74) is -0.607. The van der Waals surface area contributed by atoms with E-state index < -0.39 is 17.1 Å². The Morgan fingerprint density at radius 2 is 1.81 bits per heavy atom. The van der Waals surface area contributed by atoms with Crippen molar-refractivity contribution in [1.29, 1.82) is 0 Å². The maximum absolute atomic E-state index is 12.0. The molecule has 0 atom stereocenters. The Labute approximate surface area is 153 Å². The summed E-state index contributed by atoms with van der Waals surface area (Å²) in [6.07, 6.45) is 9.23. The molecule has 0 unspecified atom stereocenters. The van der Waals surface area contributed by atoms with Crippen LogP contribution in [0.25, 0.3) is 0 Å². The number of hydrogen-bond acceptors (Lipinski definition) is 6. The zero-order valence-electron chi connectivity index (χ0n) is 15.7. The predicted octanol–water partition coefficient (Wildman–Crippen LogP) is 2.99. The molecule has 0 aliphatic carbocycles. The summed E-state index contributed by atoms with van der Waals surface area (Å²) in [4.78, 5) is 36.4. The molecule has 1 amide bonds. The first kappa shape index (κ1) is 21.7. The highest BCUT2D eigenvalue weighted by Gasteiger charge is 2.14. The van der Waals surface area contributed by atoms with E-state index in [1.54, 1.807) is 7.05 Å². The van der Waals surface area contributed by atoms with Gasteiger partial charge in [0.25, 0.3) is 0 Å². The molecule has 0 spiro atoms. The molecule has 1 N–H and O–H groups in total. The van der Waals surface area contributed by atoms with Gasteiger partial charge in [0.15, 0.2) is 5.75 Å². The highest BCUT2D eigenvalue weighted by Crippen LogP contribution is 2.09. The zero-order valence-corrected chi connectivity index (χ0v) is 15.7. The first-order chi connectivity index (χ1) is 12.4. The van der Waals surface area contributed by atoms with E-state index in [-0.39, 0.29) is 24.8 Å². The highest BCUT2D eigenvalue weighted by atomic mass is 16.5. The van der Waals surface area contributed by atoms with E-state index in [4.69, 9.17) is 14.3 Å². The van der Waals surface area contributed by atoms with Gasteiger partial charge in [-0.2, -0.15) is 0 Å². The number of nitrogens with zero attached hydrogens (tertiary/aromatic N) is 1. The number of ether oxygens (including phenoxy) is 1. The van der Waals surface area contributed by atoms with Crippen LogP contribution in [0.5, 0.6) is 5.75 Å². The zero-order chi connectivity index (χ0) is 19.4. The second-order valence-corrected chi connectivity index (χ2v) is 6.38. The quantitative estimate of drug-likeness (QED) is 0.450. The van der Waals surface area contributed by atoms with E-state index >= 15 is 0 Å². The Balaban J connectivity index is 2.20. The maximum atomic E-state index is 12.0. The number of esters is 1. The fourth-order valence-corrected chi connectivity index (χ4v) is 2.42. The van der Waals surface area contributed by atoms with Gasteiger partial charge in [0.05, 0.1) is 0 Å². The minimum Gasteiger partial charge on any atom is -0.502 e. The normalized spacial score (nSPS) is 10.5. The first-order valence-electron chi connectivity index (χ1n) is 9.14. The fraction of sp³-hybridized carbons (Fsp3) is 0.632. The Bertz CT molecular complexity index is 625. The van der Waals surface area contributed by atoms with Gasteiger partial charge >= 0.3 is 5.97 Å². The molecule has 0 aliphatic rings. The molecule has 1 aromatic rings. The number of aromatic hydroxyl groups is 1. The van der Waals surface area contributed by atoms with E-state index in [2.05, 4.69) is 6.92 Å². The van der Waals surface area contributed by atoms with Crippen LogP contribution in [0.1, 0.15) is 64.1 Å². The number of rotatable bonds is 12. The van der Waals surface area contributed by atoms with Crippen molar-refractivity contribution in [3.63, 3.8) is 0 Å². The van der Waals surface area contributed by atoms with Gasteiger partial charge in [-0.1, -0.05) is 45.4 Å². The molecule has 146 valence electrons. The lowest BCUT2D eigenvalue weighted by atomic mass is 10.1. The van der Waals surface area contributed by atoms with Gasteiger partial charge in [0, 0.05) is 19.5 Å². The Morgan fingerprint density at radius 1 is 1.15 bits per heavy atom. The monoisotopic (exact) mass is 367 g/mol. The molecular formula is C19H29NO6. The molecule has 0 radical (unpaired) electrons. The molecule has 7 heteroatoms. The predicted molar refractivity (Wildman–Crippen MR) is 96.7 cm³/mol. The highest BCUT2D eigenvalue weighted by molar-refractivity contribution is 5.81. The average Bonchev–Trinajstić information content (AvgIpc) is 2.61. The summed E-state index contributed by atoms with van der Waals surface area (Å²) in [5.74, 6) is -1.06. The second-order valence-electron chi connectivity index (χ2n) is 6.38. The van der Waals surface area contributed by atoms with Crippen LogP contribution in [0.3, 0.4) is 0 Å². The maximum Gasteiger partial charge on any atom is 0.326 e. The van der Waals surface area contributed by atoms with E-state index in [0.29, 0.717) is 6.42 Å². The molecular weight excluding hydrogens is 338 g/mol. The number of carbonyl (C=O) groups excluding carboxylic acids is 2. The van der Waals surface area contributed by atoms with Crippen molar-refractivity contribution in [2.45, 2.75) is 64.9 Å². The van der Waals surface area contributed by atoms with Gasteiger partial charge in [-0.25, -0.2) is 0 Å². The molecule has 0 aliphatic heterocycles. The Morgan fingerprint density at radius 3 is 2.46 bits per heavy atom.